The van der Waals surface area contributed by atoms with Crippen molar-refractivity contribution in [3.63, 3.8) is 0 Å². The van der Waals surface area contributed by atoms with Crippen LogP contribution in [0, 0.1) is 10.1 Å². The van der Waals surface area contributed by atoms with Gasteiger partial charge in [-0.1, -0.05) is 18.2 Å². The van der Waals surface area contributed by atoms with Gasteiger partial charge in [-0.25, -0.2) is 9.67 Å². The van der Waals surface area contributed by atoms with E-state index in [0.717, 1.165) is 11.1 Å². The summed E-state index contributed by atoms with van der Waals surface area (Å²) in [6, 6.07) is 12.0. The molecule has 0 fully saturated rings. The fraction of sp³-hybridized carbons (Fsp3) is 0.167. The standard InChI is InChI=1S/C18H15N5O3/c24-18(15-3-1-13(2-4-15)10-21-12-19-11-20-21)22-8-7-14-5-6-16(23(25)26)9-17(14)22/h1-6,9,11-12H,7-8,10H2. The summed E-state index contributed by atoms with van der Waals surface area (Å²) in [5.41, 5.74) is 3.12. The Labute approximate surface area is 148 Å². The molecule has 0 atom stereocenters. The molecule has 0 saturated heterocycles. The zero-order valence-corrected chi connectivity index (χ0v) is 13.8. The lowest BCUT2D eigenvalue weighted by Gasteiger charge is -2.17. The molecule has 2 heterocycles. The molecule has 1 amide bonds. The summed E-state index contributed by atoms with van der Waals surface area (Å²) in [6.45, 7) is 1.10. The van der Waals surface area contributed by atoms with Gasteiger partial charge in [0.25, 0.3) is 11.6 Å². The zero-order valence-electron chi connectivity index (χ0n) is 13.8. The summed E-state index contributed by atoms with van der Waals surface area (Å²) in [5, 5.41) is 15.1. The van der Waals surface area contributed by atoms with Gasteiger partial charge in [-0.2, -0.15) is 5.10 Å². The largest absolute Gasteiger partial charge is 0.308 e. The fourth-order valence-electron chi connectivity index (χ4n) is 3.10. The molecule has 2 aromatic carbocycles. The second-order valence-electron chi connectivity index (χ2n) is 6.07. The lowest BCUT2D eigenvalue weighted by molar-refractivity contribution is -0.384. The molecule has 1 aliphatic heterocycles. The monoisotopic (exact) mass is 349 g/mol. The van der Waals surface area contributed by atoms with E-state index in [1.165, 1.54) is 18.5 Å². The van der Waals surface area contributed by atoms with E-state index in [4.69, 9.17) is 0 Å². The highest BCUT2D eigenvalue weighted by molar-refractivity contribution is 6.07. The van der Waals surface area contributed by atoms with Crippen LogP contribution >= 0.6 is 0 Å². The van der Waals surface area contributed by atoms with Crippen LogP contribution in [0.2, 0.25) is 0 Å². The van der Waals surface area contributed by atoms with Crippen LogP contribution in [0.1, 0.15) is 21.5 Å². The maximum Gasteiger partial charge on any atom is 0.271 e. The number of hydrogen-bond acceptors (Lipinski definition) is 5. The van der Waals surface area contributed by atoms with E-state index in [2.05, 4.69) is 10.1 Å². The van der Waals surface area contributed by atoms with E-state index in [-0.39, 0.29) is 11.6 Å². The quantitative estimate of drug-likeness (QED) is 0.533. The minimum Gasteiger partial charge on any atom is -0.308 e. The Bertz CT molecular complexity index is 967. The van der Waals surface area contributed by atoms with Crippen molar-refractivity contribution in [2.75, 3.05) is 11.4 Å². The van der Waals surface area contributed by atoms with Crippen LogP contribution in [0.3, 0.4) is 0 Å². The van der Waals surface area contributed by atoms with Crippen LogP contribution in [0.4, 0.5) is 11.4 Å². The molecule has 4 rings (SSSR count). The van der Waals surface area contributed by atoms with Crippen molar-refractivity contribution in [1.82, 2.24) is 14.8 Å². The van der Waals surface area contributed by atoms with Crippen molar-refractivity contribution >= 4 is 17.3 Å². The SMILES string of the molecule is O=C(c1ccc(Cn2cncn2)cc1)N1CCc2ccc([N+](=O)[O-])cc21. The molecule has 0 aliphatic carbocycles. The van der Waals surface area contributed by atoms with E-state index in [0.29, 0.717) is 30.8 Å². The van der Waals surface area contributed by atoms with E-state index < -0.39 is 4.92 Å². The Hall–Kier alpha value is -3.55. The highest BCUT2D eigenvalue weighted by Gasteiger charge is 2.27. The smallest absolute Gasteiger partial charge is 0.271 e. The normalized spacial score (nSPS) is 12.8. The topological polar surface area (TPSA) is 94.2 Å². The number of carbonyl (C=O) groups is 1. The third-order valence-corrected chi connectivity index (χ3v) is 4.43. The minimum atomic E-state index is -0.444. The van der Waals surface area contributed by atoms with Gasteiger partial charge in [-0.05, 0) is 29.7 Å². The Morgan fingerprint density at radius 2 is 2.00 bits per heavy atom. The van der Waals surface area contributed by atoms with Crippen LogP contribution in [0.15, 0.2) is 55.1 Å². The van der Waals surface area contributed by atoms with Gasteiger partial charge < -0.3 is 4.90 Å². The highest BCUT2D eigenvalue weighted by atomic mass is 16.6. The summed E-state index contributed by atoms with van der Waals surface area (Å²) in [7, 11) is 0. The van der Waals surface area contributed by atoms with Crippen LogP contribution in [-0.2, 0) is 13.0 Å². The molecule has 0 N–H and O–H groups in total. The first kappa shape index (κ1) is 15.9. The average Bonchev–Trinajstić information content (AvgIpc) is 3.30. The molecular weight excluding hydrogens is 334 g/mol. The maximum absolute atomic E-state index is 12.8. The lowest BCUT2D eigenvalue weighted by atomic mass is 10.1. The van der Waals surface area contributed by atoms with Gasteiger partial charge in [0, 0.05) is 24.2 Å². The van der Waals surface area contributed by atoms with Gasteiger partial charge in [0.2, 0.25) is 0 Å². The minimum absolute atomic E-state index is 0.00775. The molecule has 8 nitrogen and oxygen atoms in total. The van der Waals surface area contributed by atoms with Crippen molar-refractivity contribution in [2.24, 2.45) is 0 Å². The predicted molar refractivity (Wildman–Crippen MR) is 94.0 cm³/mol. The van der Waals surface area contributed by atoms with Crippen molar-refractivity contribution in [3.8, 4) is 0 Å². The third-order valence-electron chi connectivity index (χ3n) is 4.43. The zero-order chi connectivity index (χ0) is 18.1. The van der Waals surface area contributed by atoms with Gasteiger partial charge in [0.15, 0.2) is 0 Å². The Morgan fingerprint density at radius 3 is 2.69 bits per heavy atom. The number of non-ortho nitro benzene ring substituents is 1. The lowest BCUT2D eigenvalue weighted by Crippen LogP contribution is -2.28. The summed E-state index contributed by atoms with van der Waals surface area (Å²) in [6.07, 6.45) is 3.80. The number of rotatable bonds is 4. The molecule has 0 radical (unpaired) electrons. The summed E-state index contributed by atoms with van der Waals surface area (Å²) in [5.74, 6) is -0.156. The van der Waals surface area contributed by atoms with Gasteiger partial charge in [0.05, 0.1) is 17.2 Å². The number of anilines is 1. The van der Waals surface area contributed by atoms with Crippen molar-refractivity contribution in [2.45, 2.75) is 13.0 Å². The summed E-state index contributed by atoms with van der Waals surface area (Å²) in [4.78, 5) is 28.9. The van der Waals surface area contributed by atoms with Crippen LogP contribution < -0.4 is 4.90 Å². The van der Waals surface area contributed by atoms with E-state index >= 15 is 0 Å². The molecule has 26 heavy (non-hydrogen) atoms. The van der Waals surface area contributed by atoms with Crippen LogP contribution in [-0.4, -0.2) is 32.1 Å². The van der Waals surface area contributed by atoms with Gasteiger partial charge in [0.1, 0.15) is 12.7 Å². The number of nitro groups is 1. The Balaban J connectivity index is 1.56. The number of nitro benzene ring substituents is 1. The van der Waals surface area contributed by atoms with Crippen LogP contribution in [0.5, 0.6) is 0 Å². The molecule has 130 valence electrons. The van der Waals surface area contributed by atoms with E-state index in [1.807, 2.05) is 12.1 Å². The van der Waals surface area contributed by atoms with E-state index in [1.54, 1.807) is 34.1 Å². The molecule has 3 aromatic rings. The number of amides is 1. The first-order valence-electron chi connectivity index (χ1n) is 8.12. The molecule has 0 unspecified atom stereocenters. The molecule has 0 saturated carbocycles. The number of carbonyl (C=O) groups excluding carboxylic acids is 1. The second kappa shape index (κ2) is 6.40. The summed E-state index contributed by atoms with van der Waals surface area (Å²) < 4.78 is 1.70. The number of hydrogen-bond donors (Lipinski definition) is 0. The third kappa shape index (κ3) is 2.92. The highest BCUT2D eigenvalue weighted by Crippen LogP contribution is 2.32. The first-order chi connectivity index (χ1) is 12.6. The number of benzene rings is 2. The summed E-state index contributed by atoms with van der Waals surface area (Å²) >= 11 is 0. The first-order valence-corrected chi connectivity index (χ1v) is 8.12. The van der Waals surface area contributed by atoms with Crippen LogP contribution in [0.25, 0.3) is 0 Å². The number of fused-ring (bicyclic) bond motifs is 1. The molecule has 0 spiro atoms. The second-order valence-corrected chi connectivity index (χ2v) is 6.07. The van der Waals surface area contributed by atoms with Crippen molar-refractivity contribution in [3.05, 3.63) is 81.9 Å². The van der Waals surface area contributed by atoms with Gasteiger partial charge >= 0.3 is 0 Å². The molecule has 8 heteroatoms. The Morgan fingerprint density at radius 1 is 1.19 bits per heavy atom. The van der Waals surface area contributed by atoms with E-state index in [9.17, 15) is 14.9 Å². The Kier molecular flexibility index (Phi) is 3.92. The van der Waals surface area contributed by atoms with Crippen molar-refractivity contribution in [1.29, 1.82) is 0 Å². The number of nitrogens with zero attached hydrogens (tertiary/aromatic N) is 5. The molecule has 1 aliphatic rings. The predicted octanol–water partition coefficient (Wildman–Crippen LogP) is 2.44. The fourth-order valence-corrected chi connectivity index (χ4v) is 3.10. The molecule has 0 bridgehead atoms. The molecular formula is C18H15N5O3. The molecule has 1 aromatic heterocycles. The average molecular weight is 349 g/mol. The van der Waals surface area contributed by atoms with Gasteiger partial charge in [-0.3, -0.25) is 14.9 Å². The maximum atomic E-state index is 12.8. The van der Waals surface area contributed by atoms with Gasteiger partial charge in [-0.15, -0.1) is 0 Å². The number of aromatic nitrogens is 3. The van der Waals surface area contributed by atoms with Crippen molar-refractivity contribution < 1.29 is 9.72 Å².